The van der Waals surface area contributed by atoms with E-state index in [1.165, 1.54) is 0 Å². The molecule has 0 amide bonds. The first-order valence-corrected chi connectivity index (χ1v) is 9.52. The number of sulfonamides is 1. The Hall–Kier alpha value is -0.140. The molecule has 0 radical (unpaired) electrons. The molecule has 0 spiro atoms. The zero-order valence-electron chi connectivity index (χ0n) is 11.8. The van der Waals surface area contributed by atoms with Gasteiger partial charge in [0, 0.05) is 19.1 Å². The number of nitrogens with zero attached hydrogens (tertiary/aromatic N) is 1. The molecular formula is C13H21ClN2O2S2. The van der Waals surface area contributed by atoms with Crippen molar-refractivity contribution in [3.8, 4) is 0 Å². The summed E-state index contributed by atoms with van der Waals surface area (Å²) in [6.45, 7) is 6.28. The number of piperidine rings is 1. The minimum Gasteiger partial charge on any atom is -0.314 e. The Morgan fingerprint density at radius 1 is 1.50 bits per heavy atom. The maximum Gasteiger partial charge on any atom is 0.252 e. The summed E-state index contributed by atoms with van der Waals surface area (Å²) in [5.74, 6) is 0.386. The first-order valence-electron chi connectivity index (χ1n) is 6.88. The monoisotopic (exact) mass is 336 g/mol. The summed E-state index contributed by atoms with van der Waals surface area (Å²) in [6, 6.07) is 3.66. The van der Waals surface area contributed by atoms with Crippen molar-refractivity contribution in [1.82, 2.24) is 9.62 Å². The molecule has 1 fully saturated rings. The Balaban J connectivity index is 2.04. The summed E-state index contributed by atoms with van der Waals surface area (Å²) in [7, 11) is -3.37. The van der Waals surface area contributed by atoms with E-state index in [0.717, 1.165) is 30.7 Å². The molecule has 0 aliphatic carbocycles. The van der Waals surface area contributed by atoms with Gasteiger partial charge in [-0.2, -0.15) is 4.31 Å². The lowest BCUT2D eigenvalue weighted by Crippen LogP contribution is -2.43. The van der Waals surface area contributed by atoms with Gasteiger partial charge in [-0.25, -0.2) is 8.42 Å². The van der Waals surface area contributed by atoms with Crippen LogP contribution in [0.3, 0.4) is 0 Å². The van der Waals surface area contributed by atoms with E-state index < -0.39 is 10.0 Å². The van der Waals surface area contributed by atoms with Crippen LogP contribution in [0.4, 0.5) is 0 Å². The highest BCUT2D eigenvalue weighted by Gasteiger charge is 2.31. The van der Waals surface area contributed by atoms with Gasteiger partial charge in [-0.3, -0.25) is 0 Å². The first-order chi connectivity index (χ1) is 9.39. The zero-order chi connectivity index (χ0) is 14.8. The van der Waals surface area contributed by atoms with Crippen LogP contribution in [0.15, 0.2) is 16.3 Å². The van der Waals surface area contributed by atoms with Gasteiger partial charge in [0.2, 0.25) is 0 Å². The molecular weight excluding hydrogens is 316 g/mol. The standard InChI is InChI=1S/C13H21ClN2O2S2/c1-10(2)15-8-11-4-3-7-16(9-11)20(17,18)13-6-5-12(14)19-13/h5-6,10-11,15H,3-4,7-9H2,1-2H3. The summed E-state index contributed by atoms with van der Waals surface area (Å²) in [4.78, 5) is 0. The molecule has 1 N–H and O–H groups in total. The smallest absolute Gasteiger partial charge is 0.252 e. The van der Waals surface area contributed by atoms with E-state index in [9.17, 15) is 8.42 Å². The van der Waals surface area contributed by atoms with Gasteiger partial charge in [-0.05, 0) is 37.4 Å². The van der Waals surface area contributed by atoms with E-state index in [2.05, 4.69) is 19.2 Å². The minimum atomic E-state index is -3.37. The molecule has 20 heavy (non-hydrogen) atoms. The van der Waals surface area contributed by atoms with Crippen molar-refractivity contribution in [2.45, 2.75) is 36.9 Å². The lowest BCUT2D eigenvalue weighted by atomic mass is 9.99. The Morgan fingerprint density at radius 2 is 2.25 bits per heavy atom. The fourth-order valence-corrected chi connectivity index (χ4v) is 5.57. The van der Waals surface area contributed by atoms with Crippen LogP contribution >= 0.6 is 22.9 Å². The number of hydrogen-bond donors (Lipinski definition) is 1. The molecule has 2 heterocycles. The predicted octanol–water partition coefficient (Wildman–Crippen LogP) is 2.80. The molecule has 1 aliphatic heterocycles. The largest absolute Gasteiger partial charge is 0.314 e. The number of nitrogens with one attached hydrogen (secondary N) is 1. The molecule has 1 atom stereocenters. The second-order valence-electron chi connectivity index (χ2n) is 5.49. The van der Waals surface area contributed by atoms with Crippen LogP contribution in [-0.2, 0) is 10.0 Å². The summed E-state index contributed by atoms with van der Waals surface area (Å²) < 4.78 is 27.5. The van der Waals surface area contributed by atoms with Gasteiger partial charge in [0.25, 0.3) is 10.0 Å². The summed E-state index contributed by atoms with van der Waals surface area (Å²) in [5.41, 5.74) is 0. The van der Waals surface area contributed by atoms with Gasteiger partial charge in [0.1, 0.15) is 4.21 Å². The highest BCUT2D eigenvalue weighted by Crippen LogP contribution is 2.30. The number of thiophene rings is 1. The first kappa shape index (κ1) is 16.2. The van der Waals surface area contributed by atoms with Crippen molar-refractivity contribution in [3.63, 3.8) is 0 Å². The van der Waals surface area contributed by atoms with Gasteiger partial charge >= 0.3 is 0 Å². The Kier molecular flexibility index (Phi) is 5.48. The van der Waals surface area contributed by atoms with Crippen LogP contribution in [0.25, 0.3) is 0 Å². The average Bonchev–Trinajstić information content (AvgIpc) is 2.84. The van der Waals surface area contributed by atoms with Gasteiger partial charge in [0.15, 0.2) is 0 Å². The van der Waals surface area contributed by atoms with E-state index in [4.69, 9.17) is 11.6 Å². The molecule has 1 saturated heterocycles. The van der Waals surface area contributed by atoms with E-state index >= 15 is 0 Å². The molecule has 7 heteroatoms. The highest BCUT2D eigenvalue weighted by atomic mass is 35.5. The van der Waals surface area contributed by atoms with Crippen molar-refractivity contribution in [2.75, 3.05) is 19.6 Å². The van der Waals surface area contributed by atoms with Crippen LogP contribution in [0.1, 0.15) is 26.7 Å². The molecule has 0 saturated carbocycles. The fraction of sp³-hybridized carbons (Fsp3) is 0.692. The van der Waals surface area contributed by atoms with Gasteiger partial charge in [-0.1, -0.05) is 25.4 Å². The fourth-order valence-electron chi connectivity index (χ4n) is 2.38. The third kappa shape index (κ3) is 3.95. The predicted molar refractivity (Wildman–Crippen MR) is 84.0 cm³/mol. The second-order valence-corrected chi connectivity index (χ2v) is 9.37. The summed E-state index contributed by atoms with van der Waals surface area (Å²) >= 11 is 6.97. The summed E-state index contributed by atoms with van der Waals surface area (Å²) in [5, 5.41) is 3.39. The molecule has 114 valence electrons. The zero-order valence-corrected chi connectivity index (χ0v) is 14.2. The normalized spacial score (nSPS) is 21.5. The summed E-state index contributed by atoms with van der Waals surface area (Å²) in [6.07, 6.45) is 2.00. The van der Waals surface area contributed by atoms with Crippen molar-refractivity contribution in [3.05, 3.63) is 16.5 Å². The van der Waals surface area contributed by atoms with Gasteiger partial charge in [0.05, 0.1) is 4.34 Å². The molecule has 1 aromatic heterocycles. The molecule has 4 nitrogen and oxygen atoms in total. The Bertz CT molecular complexity index is 542. The lowest BCUT2D eigenvalue weighted by Gasteiger charge is -2.32. The SMILES string of the molecule is CC(C)NCC1CCCN(S(=O)(=O)c2ccc(Cl)s2)C1. The Morgan fingerprint density at radius 3 is 2.85 bits per heavy atom. The van der Waals surface area contributed by atoms with Crippen molar-refractivity contribution < 1.29 is 8.42 Å². The molecule has 2 rings (SSSR count). The minimum absolute atomic E-state index is 0.347. The number of halogens is 1. The van der Waals surface area contributed by atoms with E-state index in [-0.39, 0.29) is 0 Å². The molecule has 1 unspecified atom stereocenters. The Labute approximate surface area is 130 Å². The quantitative estimate of drug-likeness (QED) is 0.899. The third-order valence-corrected chi connectivity index (χ3v) is 7.00. The van der Waals surface area contributed by atoms with Crippen LogP contribution in [0.5, 0.6) is 0 Å². The van der Waals surface area contributed by atoms with Crippen LogP contribution in [0, 0.1) is 5.92 Å². The topological polar surface area (TPSA) is 49.4 Å². The van der Waals surface area contributed by atoms with E-state index in [0.29, 0.717) is 33.6 Å². The maximum absolute atomic E-state index is 12.5. The number of hydrogen-bond acceptors (Lipinski definition) is 4. The van der Waals surface area contributed by atoms with E-state index in [1.807, 2.05) is 0 Å². The van der Waals surface area contributed by atoms with Crippen molar-refractivity contribution >= 4 is 33.0 Å². The lowest BCUT2D eigenvalue weighted by molar-refractivity contribution is 0.257. The van der Waals surface area contributed by atoms with Gasteiger partial charge < -0.3 is 5.32 Å². The molecule has 1 aliphatic rings. The second kappa shape index (κ2) is 6.75. The van der Waals surface area contributed by atoms with Crippen molar-refractivity contribution in [2.24, 2.45) is 5.92 Å². The van der Waals surface area contributed by atoms with Crippen LogP contribution in [-0.4, -0.2) is 38.4 Å². The third-order valence-electron chi connectivity index (χ3n) is 3.44. The molecule has 1 aromatic rings. The van der Waals surface area contributed by atoms with Crippen LogP contribution in [0.2, 0.25) is 4.34 Å². The van der Waals surface area contributed by atoms with Crippen LogP contribution < -0.4 is 5.32 Å². The van der Waals surface area contributed by atoms with Crippen molar-refractivity contribution in [1.29, 1.82) is 0 Å². The average molecular weight is 337 g/mol. The van der Waals surface area contributed by atoms with Gasteiger partial charge in [-0.15, -0.1) is 11.3 Å². The highest BCUT2D eigenvalue weighted by molar-refractivity contribution is 7.91. The maximum atomic E-state index is 12.5. The van der Waals surface area contributed by atoms with E-state index in [1.54, 1.807) is 16.4 Å². The number of rotatable bonds is 5. The molecule has 0 aromatic carbocycles. The molecule has 0 bridgehead atoms.